The van der Waals surface area contributed by atoms with Crippen LogP contribution in [0.4, 0.5) is 0 Å². The SMILES string of the molecule is CC(C)c1nc(CN(C)Cc2ccccc2)cc(=O)[nH]1. The van der Waals surface area contributed by atoms with Gasteiger partial charge in [-0.2, -0.15) is 0 Å². The fourth-order valence-electron chi connectivity index (χ4n) is 2.11. The zero-order chi connectivity index (χ0) is 14.5. The van der Waals surface area contributed by atoms with E-state index in [9.17, 15) is 4.79 Å². The summed E-state index contributed by atoms with van der Waals surface area (Å²) in [4.78, 5) is 21.1. The zero-order valence-corrected chi connectivity index (χ0v) is 12.3. The summed E-state index contributed by atoms with van der Waals surface area (Å²) in [5, 5.41) is 0. The van der Waals surface area contributed by atoms with Crippen LogP contribution >= 0.6 is 0 Å². The second-order valence-corrected chi connectivity index (χ2v) is 5.43. The van der Waals surface area contributed by atoms with Gasteiger partial charge in [0.15, 0.2) is 0 Å². The van der Waals surface area contributed by atoms with Crippen molar-refractivity contribution in [3.63, 3.8) is 0 Å². The van der Waals surface area contributed by atoms with Crippen LogP contribution in [0.3, 0.4) is 0 Å². The van der Waals surface area contributed by atoms with Crippen LogP contribution in [-0.4, -0.2) is 21.9 Å². The van der Waals surface area contributed by atoms with Crippen LogP contribution in [0.1, 0.15) is 36.8 Å². The number of nitrogens with one attached hydrogen (secondary N) is 1. The minimum Gasteiger partial charge on any atom is -0.310 e. The third-order valence-corrected chi connectivity index (χ3v) is 3.09. The first-order valence-electron chi connectivity index (χ1n) is 6.87. The number of rotatable bonds is 5. The van der Waals surface area contributed by atoms with Gasteiger partial charge in [-0.1, -0.05) is 44.2 Å². The number of benzene rings is 1. The summed E-state index contributed by atoms with van der Waals surface area (Å²) >= 11 is 0. The first-order valence-corrected chi connectivity index (χ1v) is 6.87. The van der Waals surface area contributed by atoms with Crippen molar-refractivity contribution in [2.24, 2.45) is 0 Å². The lowest BCUT2D eigenvalue weighted by Gasteiger charge is -2.16. The van der Waals surface area contributed by atoms with Gasteiger partial charge < -0.3 is 4.98 Å². The molecule has 0 fully saturated rings. The lowest BCUT2D eigenvalue weighted by Crippen LogP contribution is -2.21. The molecule has 0 saturated heterocycles. The Hall–Kier alpha value is -1.94. The summed E-state index contributed by atoms with van der Waals surface area (Å²) in [5.41, 5.74) is 1.99. The molecule has 0 aliphatic rings. The largest absolute Gasteiger partial charge is 0.310 e. The summed E-state index contributed by atoms with van der Waals surface area (Å²) < 4.78 is 0. The molecule has 2 aromatic rings. The van der Waals surface area contributed by atoms with Crippen molar-refractivity contribution >= 4 is 0 Å². The maximum atomic E-state index is 11.6. The van der Waals surface area contributed by atoms with Crippen molar-refractivity contribution in [2.45, 2.75) is 32.9 Å². The highest BCUT2D eigenvalue weighted by molar-refractivity contribution is 5.14. The number of aromatic amines is 1. The van der Waals surface area contributed by atoms with E-state index in [-0.39, 0.29) is 11.5 Å². The molecule has 0 saturated carbocycles. The molecule has 4 heteroatoms. The van der Waals surface area contributed by atoms with E-state index in [0.29, 0.717) is 6.54 Å². The van der Waals surface area contributed by atoms with Crippen LogP contribution < -0.4 is 5.56 Å². The topological polar surface area (TPSA) is 49.0 Å². The molecule has 1 aromatic heterocycles. The first kappa shape index (κ1) is 14.5. The van der Waals surface area contributed by atoms with Crippen molar-refractivity contribution in [3.05, 3.63) is 63.8 Å². The molecule has 0 unspecified atom stereocenters. The van der Waals surface area contributed by atoms with E-state index in [1.807, 2.05) is 39.1 Å². The normalized spacial score (nSPS) is 11.2. The Morgan fingerprint density at radius 2 is 1.90 bits per heavy atom. The van der Waals surface area contributed by atoms with E-state index in [0.717, 1.165) is 18.1 Å². The highest BCUT2D eigenvalue weighted by Crippen LogP contribution is 2.09. The summed E-state index contributed by atoms with van der Waals surface area (Å²) in [6, 6.07) is 11.9. The number of nitrogens with zero attached hydrogens (tertiary/aromatic N) is 2. The van der Waals surface area contributed by atoms with Crippen molar-refractivity contribution in [1.82, 2.24) is 14.9 Å². The van der Waals surface area contributed by atoms with Gasteiger partial charge in [0.1, 0.15) is 5.82 Å². The number of hydrogen-bond acceptors (Lipinski definition) is 3. The predicted octanol–water partition coefficient (Wildman–Crippen LogP) is 2.53. The van der Waals surface area contributed by atoms with Crippen molar-refractivity contribution in [2.75, 3.05) is 7.05 Å². The average Bonchev–Trinajstić information content (AvgIpc) is 2.38. The van der Waals surface area contributed by atoms with E-state index < -0.39 is 0 Å². The van der Waals surface area contributed by atoms with Gasteiger partial charge >= 0.3 is 0 Å². The standard InChI is InChI=1S/C16H21N3O/c1-12(2)16-17-14(9-15(20)18-16)11-19(3)10-13-7-5-4-6-8-13/h4-9,12H,10-11H2,1-3H3,(H,17,18,20). The Labute approximate surface area is 119 Å². The second-order valence-electron chi connectivity index (χ2n) is 5.43. The number of H-pyrrole nitrogens is 1. The molecule has 0 radical (unpaired) electrons. The molecule has 2 rings (SSSR count). The number of hydrogen-bond donors (Lipinski definition) is 1. The molecular weight excluding hydrogens is 250 g/mol. The van der Waals surface area contributed by atoms with E-state index in [2.05, 4.69) is 27.0 Å². The summed E-state index contributed by atoms with van der Waals surface area (Å²) in [5.74, 6) is 0.975. The van der Waals surface area contributed by atoms with Crippen molar-refractivity contribution in [1.29, 1.82) is 0 Å². The van der Waals surface area contributed by atoms with E-state index in [1.165, 1.54) is 5.56 Å². The predicted molar refractivity (Wildman–Crippen MR) is 80.6 cm³/mol. The Morgan fingerprint density at radius 1 is 1.20 bits per heavy atom. The second kappa shape index (κ2) is 6.48. The molecule has 0 amide bonds. The molecule has 1 heterocycles. The van der Waals surface area contributed by atoms with E-state index in [4.69, 9.17) is 0 Å². The van der Waals surface area contributed by atoms with Crippen molar-refractivity contribution in [3.8, 4) is 0 Å². The Kier molecular flexibility index (Phi) is 4.69. The molecule has 0 aliphatic heterocycles. The number of aromatic nitrogens is 2. The highest BCUT2D eigenvalue weighted by atomic mass is 16.1. The van der Waals surface area contributed by atoms with Crippen LogP contribution in [0.2, 0.25) is 0 Å². The Morgan fingerprint density at radius 3 is 2.55 bits per heavy atom. The average molecular weight is 271 g/mol. The molecule has 1 N–H and O–H groups in total. The van der Waals surface area contributed by atoms with Gasteiger partial charge in [0, 0.05) is 25.1 Å². The summed E-state index contributed by atoms with van der Waals surface area (Å²) in [6.45, 7) is 5.55. The summed E-state index contributed by atoms with van der Waals surface area (Å²) in [7, 11) is 2.03. The fourth-order valence-corrected chi connectivity index (χ4v) is 2.11. The van der Waals surface area contributed by atoms with Crippen LogP contribution in [0.25, 0.3) is 0 Å². The Balaban J connectivity index is 2.08. The zero-order valence-electron chi connectivity index (χ0n) is 12.3. The van der Waals surface area contributed by atoms with Gasteiger partial charge in [-0.15, -0.1) is 0 Å². The highest BCUT2D eigenvalue weighted by Gasteiger charge is 2.07. The van der Waals surface area contributed by atoms with Crippen LogP contribution in [0.15, 0.2) is 41.2 Å². The molecule has 1 aromatic carbocycles. The maximum Gasteiger partial charge on any atom is 0.251 e. The molecule has 0 spiro atoms. The third kappa shape index (κ3) is 4.03. The third-order valence-electron chi connectivity index (χ3n) is 3.09. The van der Waals surface area contributed by atoms with Crippen LogP contribution in [0, 0.1) is 0 Å². The lowest BCUT2D eigenvalue weighted by molar-refractivity contribution is 0.314. The quantitative estimate of drug-likeness (QED) is 0.909. The molecule has 4 nitrogen and oxygen atoms in total. The lowest BCUT2D eigenvalue weighted by atomic mass is 10.2. The smallest absolute Gasteiger partial charge is 0.251 e. The van der Waals surface area contributed by atoms with Gasteiger partial charge in [-0.05, 0) is 12.6 Å². The van der Waals surface area contributed by atoms with Gasteiger partial charge in [0.2, 0.25) is 0 Å². The van der Waals surface area contributed by atoms with Gasteiger partial charge in [-0.3, -0.25) is 9.69 Å². The Bertz CT molecular complexity index is 605. The van der Waals surface area contributed by atoms with Gasteiger partial charge in [0.25, 0.3) is 5.56 Å². The fraction of sp³-hybridized carbons (Fsp3) is 0.375. The molecular formula is C16H21N3O. The molecule has 0 bridgehead atoms. The molecule has 20 heavy (non-hydrogen) atoms. The monoisotopic (exact) mass is 271 g/mol. The van der Waals surface area contributed by atoms with Gasteiger partial charge in [0.05, 0.1) is 5.69 Å². The molecule has 0 atom stereocenters. The van der Waals surface area contributed by atoms with E-state index in [1.54, 1.807) is 6.07 Å². The first-order chi connectivity index (χ1) is 9.54. The summed E-state index contributed by atoms with van der Waals surface area (Å²) in [6.07, 6.45) is 0. The minimum absolute atomic E-state index is 0.0770. The minimum atomic E-state index is -0.0770. The van der Waals surface area contributed by atoms with Gasteiger partial charge in [-0.25, -0.2) is 4.98 Å². The van der Waals surface area contributed by atoms with Crippen LogP contribution in [0.5, 0.6) is 0 Å². The maximum absolute atomic E-state index is 11.6. The van der Waals surface area contributed by atoms with E-state index >= 15 is 0 Å². The molecule has 0 aliphatic carbocycles. The molecule has 106 valence electrons. The van der Waals surface area contributed by atoms with Crippen LogP contribution in [-0.2, 0) is 13.1 Å². The van der Waals surface area contributed by atoms with Crippen molar-refractivity contribution < 1.29 is 0 Å².